The summed E-state index contributed by atoms with van der Waals surface area (Å²) >= 11 is 0. The summed E-state index contributed by atoms with van der Waals surface area (Å²) in [7, 11) is 1.95. The van der Waals surface area contributed by atoms with Crippen molar-refractivity contribution in [3.05, 3.63) is 0 Å². The van der Waals surface area contributed by atoms with Crippen LogP contribution in [-0.4, -0.2) is 23.1 Å². The molecule has 0 atom stereocenters. The van der Waals surface area contributed by atoms with Crippen LogP contribution in [0.2, 0.25) is 0 Å². The van der Waals surface area contributed by atoms with Crippen LogP contribution in [0.15, 0.2) is 0 Å². The zero-order valence-electron chi connectivity index (χ0n) is 8.47. The van der Waals surface area contributed by atoms with Crippen molar-refractivity contribution in [2.24, 2.45) is 0 Å². The van der Waals surface area contributed by atoms with E-state index in [4.69, 9.17) is 0 Å². The van der Waals surface area contributed by atoms with Crippen molar-refractivity contribution in [2.45, 2.75) is 38.5 Å². The molecule has 2 saturated heterocycles. The number of halogens is 1. The molecule has 0 spiro atoms. The van der Waals surface area contributed by atoms with E-state index in [1.165, 1.54) is 61.6 Å². The largest absolute Gasteiger partial charge is 0.284 e. The van der Waals surface area contributed by atoms with Gasteiger partial charge in [0.2, 0.25) is 0 Å². The predicted molar refractivity (Wildman–Crippen MR) is 68.6 cm³/mol. The summed E-state index contributed by atoms with van der Waals surface area (Å²) in [5.41, 5.74) is 0. The Morgan fingerprint density at radius 2 is 1.29 bits per heavy atom. The number of nitrogens with one attached hydrogen (secondary N) is 2. The molecule has 0 unspecified atom stereocenters. The molecule has 0 saturated carbocycles. The Labute approximate surface area is 95.8 Å². The maximum Gasteiger partial charge on any atom is 0.0463 e. The zero-order chi connectivity index (χ0) is 8.93. The molecule has 0 bridgehead atoms. The van der Waals surface area contributed by atoms with Gasteiger partial charge >= 0.3 is 0 Å². The van der Waals surface area contributed by atoms with Crippen LogP contribution in [0.1, 0.15) is 38.5 Å². The van der Waals surface area contributed by atoms with Gasteiger partial charge in [0.1, 0.15) is 0 Å². The topological polar surface area (TPSA) is 24.1 Å². The first-order valence-electron chi connectivity index (χ1n) is 5.32. The lowest BCUT2D eigenvalue weighted by atomic mass is 10.2. The molecular formula is C10H19ClN2S. The SMILES string of the molecule is C1CCC(=S=C2CCCCN2)NC1.Cl. The Kier molecular flexibility index (Phi) is 5.78. The fourth-order valence-corrected chi connectivity index (χ4v) is 2.92. The highest BCUT2D eigenvalue weighted by Gasteiger charge is 2.06. The van der Waals surface area contributed by atoms with E-state index in [9.17, 15) is 0 Å². The molecule has 2 heterocycles. The van der Waals surface area contributed by atoms with E-state index in [2.05, 4.69) is 10.6 Å². The minimum atomic E-state index is 0. The molecule has 0 aromatic carbocycles. The molecule has 2 fully saturated rings. The zero-order valence-corrected chi connectivity index (χ0v) is 10.1. The second kappa shape index (κ2) is 6.62. The lowest BCUT2D eigenvalue weighted by Crippen LogP contribution is -2.30. The lowest BCUT2D eigenvalue weighted by molar-refractivity contribution is 0.677. The predicted octanol–water partition coefficient (Wildman–Crippen LogP) is 1.95. The van der Waals surface area contributed by atoms with Gasteiger partial charge in [-0.2, -0.15) is 0 Å². The van der Waals surface area contributed by atoms with Crippen molar-refractivity contribution in [2.75, 3.05) is 13.1 Å². The molecule has 0 radical (unpaired) electrons. The Morgan fingerprint density at radius 1 is 0.786 bits per heavy atom. The van der Waals surface area contributed by atoms with Crippen molar-refractivity contribution in [1.82, 2.24) is 10.6 Å². The van der Waals surface area contributed by atoms with E-state index >= 15 is 0 Å². The Morgan fingerprint density at radius 3 is 1.64 bits per heavy atom. The van der Waals surface area contributed by atoms with Crippen molar-refractivity contribution >= 4 is 33.3 Å². The van der Waals surface area contributed by atoms with Crippen LogP contribution in [0.25, 0.3) is 0 Å². The summed E-state index contributed by atoms with van der Waals surface area (Å²) in [6.07, 6.45) is 7.93. The summed E-state index contributed by atoms with van der Waals surface area (Å²) in [4.78, 5) is 2.96. The second-order valence-corrected chi connectivity index (χ2v) is 4.91. The first kappa shape index (κ1) is 12.2. The summed E-state index contributed by atoms with van der Waals surface area (Å²) in [5, 5.41) is 6.97. The van der Waals surface area contributed by atoms with Gasteiger partial charge in [-0.15, -0.1) is 23.3 Å². The van der Waals surface area contributed by atoms with E-state index in [1.807, 2.05) is 10.9 Å². The molecule has 4 heteroatoms. The number of hydrogen-bond donors (Lipinski definition) is 2. The summed E-state index contributed by atoms with van der Waals surface area (Å²) in [6.45, 7) is 2.35. The van der Waals surface area contributed by atoms with Crippen LogP contribution in [0, 0.1) is 0 Å². The average Bonchev–Trinajstić information content (AvgIpc) is 2.21. The first-order valence-corrected chi connectivity index (χ1v) is 6.14. The van der Waals surface area contributed by atoms with Crippen LogP contribution in [0.3, 0.4) is 0 Å². The van der Waals surface area contributed by atoms with E-state index < -0.39 is 0 Å². The molecule has 2 rings (SSSR count). The van der Waals surface area contributed by atoms with Gasteiger partial charge in [-0.05, 0) is 38.5 Å². The van der Waals surface area contributed by atoms with Gasteiger partial charge in [-0.1, -0.05) is 0 Å². The van der Waals surface area contributed by atoms with Crippen LogP contribution >= 0.6 is 23.3 Å². The first-order chi connectivity index (χ1) is 6.45. The highest BCUT2D eigenvalue weighted by Crippen LogP contribution is 2.07. The third kappa shape index (κ3) is 3.73. The fourth-order valence-electron chi connectivity index (χ4n) is 1.78. The van der Waals surface area contributed by atoms with Gasteiger partial charge in [0.05, 0.1) is 0 Å². The highest BCUT2D eigenvalue weighted by molar-refractivity contribution is 7.98. The average molecular weight is 235 g/mol. The Balaban J connectivity index is 0.000000980. The molecule has 0 amide bonds. The maximum atomic E-state index is 3.49. The Bertz CT molecular complexity index is 209. The maximum absolute atomic E-state index is 3.49. The number of piperidine rings is 2. The molecule has 0 aromatic rings. The van der Waals surface area contributed by atoms with Gasteiger partial charge in [0.15, 0.2) is 0 Å². The fraction of sp³-hybridized carbons (Fsp3) is 0.800. The summed E-state index contributed by atoms with van der Waals surface area (Å²) in [5.74, 6) is 0. The van der Waals surface area contributed by atoms with Crippen molar-refractivity contribution < 1.29 is 0 Å². The summed E-state index contributed by atoms with van der Waals surface area (Å²) < 4.78 is 0. The summed E-state index contributed by atoms with van der Waals surface area (Å²) in [6, 6.07) is 0. The third-order valence-electron chi connectivity index (χ3n) is 2.55. The smallest absolute Gasteiger partial charge is 0.0463 e. The molecule has 14 heavy (non-hydrogen) atoms. The Hall–Kier alpha value is 0.170. The van der Waals surface area contributed by atoms with Crippen molar-refractivity contribution in [1.29, 1.82) is 0 Å². The molecule has 82 valence electrons. The molecule has 2 N–H and O–H groups in total. The van der Waals surface area contributed by atoms with Crippen molar-refractivity contribution in [3.63, 3.8) is 0 Å². The third-order valence-corrected chi connectivity index (χ3v) is 3.74. The molecule has 2 aliphatic rings. The highest BCUT2D eigenvalue weighted by atomic mass is 35.5. The molecule has 2 nitrogen and oxygen atoms in total. The van der Waals surface area contributed by atoms with Gasteiger partial charge in [0.25, 0.3) is 0 Å². The van der Waals surface area contributed by atoms with Gasteiger partial charge in [-0.3, -0.25) is 10.6 Å². The van der Waals surface area contributed by atoms with Gasteiger partial charge in [0, 0.05) is 23.1 Å². The molecular weight excluding hydrogens is 216 g/mol. The van der Waals surface area contributed by atoms with Crippen LogP contribution in [-0.2, 0) is 0 Å². The molecule has 0 aromatic heterocycles. The van der Waals surface area contributed by atoms with E-state index in [0.717, 1.165) is 0 Å². The molecule has 2 aliphatic heterocycles. The van der Waals surface area contributed by atoms with Crippen LogP contribution in [0.4, 0.5) is 0 Å². The number of hydrogen-bond acceptors (Lipinski definition) is 0. The van der Waals surface area contributed by atoms with E-state index in [1.54, 1.807) is 0 Å². The normalized spacial score (nSPS) is 22.9. The van der Waals surface area contributed by atoms with Crippen LogP contribution < -0.4 is 10.6 Å². The van der Waals surface area contributed by atoms with Crippen LogP contribution in [0.5, 0.6) is 0 Å². The lowest BCUT2D eigenvalue weighted by Gasteiger charge is -2.16. The number of rotatable bonds is 0. The van der Waals surface area contributed by atoms with Gasteiger partial charge in [-0.25, -0.2) is 0 Å². The monoisotopic (exact) mass is 234 g/mol. The van der Waals surface area contributed by atoms with Gasteiger partial charge < -0.3 is 0 Å². The molecule has 0 aliphatic carbocycles. The quantitative estimate of drug-likeness (QED) is 0.627. The minimum Gasteiger partial charge on any atom is -0.284 e. The van der Waals surface area contributed by atoms with Crippen molar-refractivity contribution in [3.8, 4) is 0 Å². The second-order valence-electron chi connectivity index (χ2n) is 3.72. The standard InChI is InChI=1S/C10H18N2S.ClH/c1-3-7-11-9(5-1)13-10-6-2-4-8-12-10;/h11-12H,1-8H2;1H. The van der Waals surface area contributed by atoms with E-state index in [-0.39, 0.29) is 12.4 Å². The van der Waals surface area contributed by atoms with E-state index in [0.29, 0.717) is 0 Å². The minimum absolute atomic E-state index is 0.